The number of nitrogens with zero attached hydrogens (tertiary/aromatic N) is 1. The number of amides is 1. The molecular formula is C14H20N2O2S. The Hall–Kier alpha value is -1.54. The maximum atomic E-state index is 11.7. The van der Waals surface area contributed by atoms with Crippen molar-refractivity contribution in [3.05, 3.63) is 16.5 Å². The first-order valence-corrected chi connectivity index (χ1v) is 6.94. The second kappa shape index (κ2) is 5.22. The number of ether oxygens (including phenoxy) is 1. The van der Waals surface area contributed by atoms with Crippen molar-refractivity contribution in [2.75, 3.05) is 5.32 Å². The van der Waals surface area contributed by atoms with Crippen molar-refractivity contribution in [3.63, 3.8) is 0 Å². The van der Waals surface area contributed by atoms with Gasteiger partial charge in [-0.05, 0) is 37.1 Å². The third kappa shape index (κ3) is 4.25. The first-order valence-electron chi connectivity index (χ1n) is 6.06. The third-order valence-corrected chi connectivity index (χ3v) is 3.22. The predicted octanol–water partition coefficient (Wildman–Crippen LogP) is 4.26. The van der Waals surface area contributed by atoms with Gasteiger partial charge >= 0.3 is 6.09 Å². The zero-order valence-corrected chi connectivity index (χ0v) is 13.1. The van der Waals surface area contributed by atoms with E-state index in [0.717, 1.165) is 5.56 Å². The summed E-state index contributed by atoms with van der Waals surface area (Å²) in [5.41, 5.74) is 0.769. The van der Waals surface area contributed by atoms with Gasteiger partial charge in [0.25, 0.3) is 0 Å². The predicted molar refractivity (Wildman–Crippen MR) is 77.6 cm³/mol. The molecule has 19 heavy (non-hydrogen) atoms. The van der Waals surface area contributed by atoms with Crippen molar-refractivity contribution < 1.29 is 9.53 Å². The Morgan fingerprint density at radius 2 is 1.89 bits per heavy atom. The van der Waals surface area contributed by atoms with Crippen LogP contribution in [0.1, 0.15) is 52.7 Å². The highest BCUT2D eigenvalue weighted by molar-refractivity contribution is 7.14. The summed E-state index contributed by atoms with van der Waals surface area (Å²) < 4.78 is 5.18. The Kier molecular flexibility index (Phi) is 4.26. The van der Waals surface area contributed by atoms with Gasteiger partial charge in [0, 0.05) is 0 Å². The molecule has 0 radical (unpaired) electrons. The minimum atomic E-state index is -0.555. The molecule has 0 unspecified atom stereocenters. The van der Waals surface area contributed by atoms with E-state index in [-0.39, 0.29) is 5.41 Å². The van der Waals surface area contributed by atoms with Crippen LogP contribution in [0.5, 0.6) is 0 Å². The van der Waals surface area contributed by atoms with Gasteiger partial charge in [-0.15, -0.1) is 11.3 Å². The molecule has 5 heteroatoms. The van der Waals surface area contributed by atoms with Crippen molar-refractivity contribution >= 4 is 22.4 Å². The minimum Gasteiger partial charge on any atom is -0.444 e. The molecule has 0 atom stereocenters. The summed E-state index contributed by atoms with van der Waals surface area (Å²) >= 11 is 1.35. The van der Waals surface area contributed by atoms with E-state index in [2.05, 4.69) is 11.4 Å². The monoisotopic (exact) mass is 280 g/mol. The van der Waals surface area contributed by atoms with Gasteiger partial charge in [-0.3, -0.25) is 5.32 Å². The van der Waals surface area contributed by atoms with Crippen LogP contribution >= 0.6 is 11.3 Å². The van der Waals surface area contributed by atoms with Gasteiger partial charge in [0.2, 0.25) is 0 Å². The van der Waals surface area contributed by atoms with Crippen molar-refractivity contribution in [3.8, 4) is 6.07 Å². The Bertz CT molecular complexity index is 513. The first kappa shape index (κ1) is 15.5. The summed E-state index contributed by atoms with van der Waals surface area (Å²) in [5.74, 6) is 0. The molecule has 0 aliphatic heterocycles. The average Bonchev–Trinajstić information content (AvgIpc) is 2.56. The van der Waals surface area contributed by atoms with Gasteiger partial charge in [0.15, 0.2) is 0 Å². The Morgan fingerprint density at radius 3 is 2.32 bits per heavy atom. The minimum absolute atomic E-state index is 0.130. The van der Waals surface area contributed by atoms with E-state index in [4.69, 9.17) is 4.74 Å². The lowest BCUT2D eigenvalue weighted by Gasteiger charge is -2.20. The first-order chi connectivity index (χ1) is 8.54. The summed E-state index contributed by atoms with van der Waals surface area (Å²) in [6.07, 6.45) is -0.536. The highest BCUT2D eigenvalue weighted by Gasteiger charge is 2.24. The van der Waals surface area contributed by atoms with E-state index in [1.807, 2.05) is 26.2 Å². The second-order valence-electron chi connectivity index (χ2n) is 6.34. The van der Waals surface area contributed by atoms with Crippen LogP contribution < -0.4 is 5.32 Å². The molecule has 0 aliphatic carbocycles. The van der Waals surface area contributed by atoms with E-state index in [0.29, 0.717) is 10.6 Å². The van der Waals surface area contributed by atoms with Gasteiger partial charge in [-0.2, -0.15) is 5.26 Å². The SMILES string of the molecule is CC(C)(C)OC(=O)Nc1scc(C(C)(C)C)c1C#N. The summed E-state index contributed by atoms with van der Waals surface area (Å²) in [4.78, 5) is 11.7. The molecule has 1 amide bonds. The second-order valence-corrected chi connectivity index (χ2v) is 7.22. The maximum absolute atomic E-state index is 11.7. The van der Waals surface area contributed by atoms with E-state index in [1.54, 1.807) is 20.8 Å². The van der Waals surface area contributed by atoms with Gasteiger partial charge < -0.3 is 4.74 Å². The lowest BCUT2D eigenvalue weighted by molar-refractivity contribution is 0.0636. The molecule has 104 valence electrons. The van der Waals surface area contributed by atoms with Crippen LogP contribution in [0.2, 0.25) is 0 Å². The smallest absolute Gasteiger partial charge is 0.412 e. The van der Waals surface area contributed by atoms with Crippen molar-refractivity contribution in [1.29, 1.82) is 5.26 Å². The van der Waals surface area contributed by atoms with Crippen LogP contribution in [0.3, 0.4) is 0 Å². The highest BCUT2D eigenvalue weighted by atomic mass is 32.1. The summed E-state index contributed by atoms with van der Waals surface area (Å²) in [6.45, 7) is 11.5. The molecule has 4 nitrogen and oxygen atoms in total. The van der Waals surface area contributed by atoms with Crippen LogP contribution in [0, 0.1) is 11.3 Å². The quantitative estimate of drug-likeness (QED) is 0.835. The van der Waals surface area contributed by atoms with Gasteiger partial charge in [0.05, 0.1) is 5.56 Å². The standard InChI is InChI=1S/C14H20N2O2S/c1-13(2,3)10-8-19-11(9(10)7-15)16-12(17)18-14(4,5)6/h8H,1-6H3,(H,16,17). The number of hydrogen-bond acceptors (Lipinski definition) is 4. The zero-order chi connectivity index (χ0) is 14.8. The average molecular weight is 280 g/mol. The number of nitriles is 1. The molecule has 1 heterocycles. The van der Waals surface area contributed by atoms with Crippen LogP contribution in [-0.2, 0) is 10.2 Å². The van der Waals surface area contributed by atoms with Gasteiger partial charge in [-0.25, -0.2) is 4.79 Å². The third-order valence-electron chi connectivity index (χ3n) is 2.33. The fourth-order valence-electron chi connectivity index (χ4n) is 1.51. The summed E-state index contributed by atoms with van der Waals surface area (Å²) in [7, 11) is 0. The number of thiophene rings is 1. The van der Waals surface area contributed by atoms with E-state index in [1.165, 1.54) is 11.3 Å². The molecule has 0 fully saturated rings. The molecular weight excluding hydrogens is 260 g/mol. The Labute approximate surface area is 118 Å². The van der Waals surface area contributed by atoms with Crippen LogP contribution in [-0.4, -0.2) is 11.7 Å². The maximum Gasteiger partial charge on any atom is 0.412 e. The Balaban J connectivity index is 2.96. The lowest BCUT2D eigenvalue weighted by Crippen LogP contribution is -2.27. The number of hydrogen-bond donors (Lipinski definition) is 1. The van der Waals surface area contributed by atoms with Gasteiger partial charge in [-0.1, -0.05) is 20.8 Å². The number of rotatable bonds is 1. The lowest BCUT2D eigenvalue weighted by atomic mass is 9.86. The molecule has 0 aliphatic rings. The molecule has 1 rings (SSSR count). The molecule has 0 aromatic carbocycles. The highest BCUT2D eigenvalue weighted by Crippen LogP contribution is 2.35. The van der Waals surface area contributed by atoms with E-state index < -0.39 is 11.7 Å². The molecule has 0 bridgehead atoms. The van der Waals surface area contributed by atoms with E-state index >= 15 is 0 Å². The van der Waals surface area contributed by atoms with Crippen LogP contribution in [0.4, 0.5) is 9.80 Å². The molecule has 1 N–H and O–H groups in total. The molecule has 0 saturated heterocycles. The summed E-state index contributed by atoms with van der Waals surface area (Å²) in [6, 6.07) is 2.16. The van der Waals surface area contributed by atoms with Gasteiger partial charge in [0.1, 0.15) is 16.7 Å². The molecule has 0 spiro atoms. The molecule has 0 saturated carbocycles. The number of carbonyl (C=O) groups excluding carboxylic acids is 1. The Morgan fingerprint density at radius 1 is 1.32 bits per heavy atom. The molecule has 1 aromatic heterocycles. The zero-order valence-electron chi connectivity index (χ0n) is 12.2. The normalized spacial score (nSPS) is 11.8. The largest absolute Gasteiger partial charge is 0.444 e. The molecule has 1 aromatic rings. The van der Waals surface area contributed by atoms with Crippen LogP contribution in [0.25, 0.3) is 0 Å². The number of carbonyl (C=O) groups is 1. The fourth-order valence-corrected chi connectivity index (χ4v) is 2.63. The topological polar surface area (TPSA) is 62.1 Å². The fraction of sp³-hybridized carbons (Fsp3) is 0.571. The number of nitrogens with one attached hydrogen (secondary N) is 1. The van der Waals surface area contributed by atoms with Crippen molar-refractivity contribution in [2.24, 2.45) is 0 Å². The van der Waals surface area contributed by atoms with Crippen LogP contribution in [0.15, 0.2) is 5.38 Å². The summed E-state index contributed by atoms with van der Waals surface area (Å²) in [5, 5.41) is 14.4. The van der Waals surface area contributed by atoms with E-state index in [9.17, 15) is 10.1 Å². The number of anilines is 1. The van der Waals surface area contributed by atoms with Crippen molar-refractivity contribution in [2.45, 2.75) is 52.6 Å². The van der Waals surface area contributed by atoms with Crippen molar-refractivity contribution in [1.82, 2.24) is 0 Å².